The van der Waals surface area contributed by atoms with Gasteiger partial charge in [0, 0.05) is 0 Å². The maximum Gasteiger partial charge on any atom is 0.178 e. The van der Waals surface area contributed by atoms with Crippen molar-refractivity contribution in [2.45, 2.75) is 0 Å². The first-order chi connectivity index (χ1) is 3.79. The minimum absolute atomic E-state index is 0. The number of rotatable bonds is 0. The molecule has 1 aliphatic rings. The number of ketones is 2. The Morgan fingerprint density at radius 2 is 0.900 bits per heavy atom. The summed E-state index contributed by atoms with van der Waals surface area (Å²) in [6.45, 7) is 0. The highest BCUT2D eigenvalue weighted by atomic mass is 16.1. The molecule has 0 unspecified atom stereocenters. The molecule has 0 fully saturated rings. The molecule has 0 aromatic carbocycles. The van der Waals surface area contributed by atoms with Gasteiger partial charge in [-0.15, -0.1) is 0 Å². The summed E-state index contributed by atoms with van der Waals surface area (Å²) >= 11 is 0. The lowest BCUT2D eigenvalue weighted by atomic mass is 10.2. The van der Waals surface area contributed by atoms with Crippen molar-refractivity contribution in [2.75, 3.05) is 0 Å². The van der Waals surface area contributed by atoms with Gasteiger partial charge in [-0.3, -0.25) is 9.59 Å². The van der Waals surface area contributed by atoms with Gasteiger partial charge in [0.2, 0.25) is 0 Å². The van der Waals surface area contributed by atoms with E-state index < -0.39 is 0 Å². The third-order valence-corrected chi connectivity index (χ3v) is 0.824. The molecule has 0 saturated heterocycles. The third kappa shape index (κ3) is 3.07. The summed E-state index contributed by atoms with van der Waals surface area (Å²) in [5, 5.41) is 0. The molecule has 0 heterocycles. The van der Waals surface area contributed by atoms with Crippen molar-refractivity contribution >= 4 is 28.4 Å². The molecule has 0 saturated carbocycles. The smallest absolute Gasteiger partial charge is 0.178 e. The predicted octanol–water partition coefficient (Wildman–Crippen LogP) is -2.12. The van der Waals surface area contributed by atoms with E-state index in [1.165, 1.54) is 24.3 Å². The molecular formula is C6H10B2O2. The molecule has 1 rings (SSSR count). The van der Waals surface area contributed by atoms with Gasteiger partial charge in [0.1, 0.15) is 0 Å². The average molecular weight is 136 g/mol. The van der Waals surface area contributed by atoms with Crippen LogP contribution in [0.2, 0.25) is 0 Å². The Bertz CT molecular complexity index is 156. The summed E-state index contributed by atoms with van der Waals surface area (Å²) in [6.07, 6.45) is 5.01. The minimum atomic E-state index is -0.121. The van der Waals surface area contributed by atoms with Crippen LogP contribution in [0.4, 0.5) is 0 Å². The van der Waals surface area contributed by atoms with Gasteiger partial charge in [0.05, 0.1) is 16.8 Å². The Balaban J connectivity index is 0. The Hall–Kier alpha value is -1.05. The zero-order valence-electron chi connectivity index (χ0n) is 4.13. The lowest BCUT2D eigenvalue weighted by Crippen LogP contribution is -1.97. The molecule has 1 aliphatic carbocycles. The fourth-order valence-electron chi connectivity index (χ4n) is 0.440. The van der Waals surface area contributed by atoms with E-state index in [1.54, 1.807) is 0 Å². The number of carbonyl (C=O) groups is 2. The van der Waals surface area contributed by atoms with E-state index in [0.717, 1.165) is 0 Å². The van der Waals surface area contributed by atoms with Gasteiger partial charge < -0.3 is 0 Å². The van der Waals surface area contributed by atoms with E-state index in [0.29, 0.717) is 0 Å². The monoisotopic (exact) mass is 136 g/mol. The van der Waals surface area contributed by atoms with E-state index >= 15 is 0 Å². The molecule has 0 aromatic rings. The van der Waals surface area contributed by atoms with Crippen molar-refractivity contribution in [3.63, 3.8) is 0 Å². The summed E-state index contributed by atoms with van der Waals surface area (Å²) in [5.74, 6) is -0.241. The second kappa shape index (κ2) is 4.79. The molecule has 10 heavy (non-hydrogen) atoms. The lowest BCUT2D eigenvalue weighted by molar-refractivity contribution is -0.113. The van der Waals surface area contributed by atoms with Gasteiger partial charge in [-0.2, -0.15) is 0 Å². The Labute approximate surface area is 63.1 Å². The Kier molecular flexibility index (Phi) is 5.61. The third-order valence-electron chi connectivity index (χ3n) is 0.824. The van der Waals surface area contributed by atoms with Gasteiger partial charge >= 0.3 is 0 Å². The highest BCUT2D eigenvalue weighted by Crippen LogP contribution is 1.90. The quantitative estimate of drug-likeness (QED) is 0.282. The standard InChI is InChI=1S/C6H4O2.2BH3/c7-5-1-2-6(8)4-3-5;;/h1-4H;2*1H3. The molecule has 0 aliphatic heterocycles. The van der Waals surface area contributed by atoms with E-state index in [9.17, 15) is 9.59 Å². The van der Waals surface area contributed by atoms with E-state index in [2.05, 4.69) is 0 Å². The van der Waals surface area contributed by atoms with Crippen LogP contribution in [-0.4, -0.2) is 28.4 Å². The first kappa shape index (κ1) is 11.7. The van der Waals surface area contributed by atoms with Crippen LogP contribution in [0.25, 0.3) is 0 Å². The molecule has 0 amide bonds. The maximum atomic E-state index is 10.3. The Morgan fingerprint density at radius 1 is 0.700 bits per heavy atom. The van der Waals surface area contributed by atoms with Crippen LogP contribution in [-0.2, 0) is 9.59 Å². The highest BCUT2D eigenvalue weighted by molar-refractivity contribution is 6.14. The average Bonchev–Trinajstić information content (AvgIpc) is 1.77. The first-order valence-electron chi connectivity index (χ1n) is 2.23. The molecule has 0 bridgehead atoms. The van der Waals surface area contributed by atoms with Crippen molar-refractivity contribution in [1.82, 2.24) is 0 Å². The van der Waals surface area contributed by atoms with E-state index in [1.807, 2.05) is 0 Å². The van der Waals surface area contributed by atoms with Crippen LogP contribution in [0.1, 0.15) is 0 Å². The van der Waals surface area contributed by atoms with Crippen LogP contribution in [0.3, 0.4) is 0 Å². The first-order valence-corrected chi connectivity index (χ1v) is 2.23. The number of carbonyl (C=O) groups excluding carboxylic acids is 2. The van der Waals surface area contributed by atoms with Crippen molar-refractivity contribution in [2.24, 2.45) is 0 Å². The molecule has 0 N–H and O–H groups in total. The van der Waals surface area contributed by atoms with Gasteiger partial charge in [-0.05, 0) is 24.3 Å². The molecule has 0 spiro atoms. The van der Waals surface area contributed by atoms with Crippen molar-refractivity contribution in [1.29, 1.82) is 0 Å². The van der Waals surface area contributed by atoms with Gasteiger partial charge in [0.25, 0.3) is 0 Å². The van der Waals surface area contributed by atoms with Crippen LogP contribution >= 0.6 is 0 Å². The highest BCUT2D eigenvalue weighted by Gasteiger charge is 1.97. The van der Waals surface area contributed by atoms with E-state index in [4.69, 9.17) is 0 Å². The van der Waals surface area contributed by atoms with Gasteiger partial charge in [-0.1, -0.05) is 0 Å². The summed E-state index contributed by atoms with van der Waals surface area (Å²) in [6, 6.07) is 0. The molecule has 0 aromatic heterocycles. The van der Waals surface area contributed by atoms with Crippen molar-refractivity contribution in [3.05, 3.63) is 24.3 Å². The summed E-state index contributed by atoms with van der Waals surface area (Å²) in [7, 11) is 0. The van der Waals surface area contributed by atoms with E-state index in [-0.39, 0.29) is 28.4 Å². The van der Waals surface area contributed by atoms with Gasteiger partial charge in [-0.25, -0.2) is 0 Å². The van der Waals surface area contributed by atoms with Crippen LogP contribution in [0, 0.1) is 0 Å². The van der Waals surface area contributed by atoms with Gasteiger partial charge in [0.15, 0.2) is 11.6 Å². The second-order valence-corrected chi connectivity index (χ2v) is 1.47. The summed E-state index contributed by atoms with van der Waals surface area (Å²) in [5.41, 5.74) is 0. The Morgan fingerprint density at radius 3 is 1.10 bits per heavy atom. The van der Waals surface area contributed by atoms with Crippen molar-refractivity contribution in [3.8, 4) is 0 Å². The largest absolute Gasteiger partial charge is 0.290 e. The van der Waals surface area contributed by atoms with Crippen LogP contribution in [0.15, 0.2) is 24.3 Å². The van der Waals surface area contributed by atoms with Crippen LogP contribution < -0.4 is 0 Å². The fraction of sp³-hybridized carbons (Fsp3) is 0. The summed E-state index contributed by atoms with van der Waals surface area (Å²) < 4.78 is 0. The number of allylic oxidation sites excluding steroid dienone is 4. The molecule has 4 heteroatoms. The topological polar surface area (TPSA) is 34.1 Å². The molecular weight excluding hydrogens is 126 g/mol. The maximum absolute atomic E-state index is 10.3. The minimum Gasteiger partial charge on any atom is -0.290 e. The number of hydrogen-bond donors (Lipinski definition) is 0. The molecule has 2 nitrogen and oxygen atoms in total. The van der Waals surface area contributed by atoms with Crippen LogP contribution in [0.5, 0.6) is 0 Å². The molecule has 0 radical (unpaired) electrons. The molecule has 52 valence electrons. The molecule has 0 atom stereocenters. The number of hydrogen-bond acceptors (Lipinski definition) is 2. The lowest BCUT2D eigenvalue weighted by Gasteiger charge is -1.87. The normalized spacial score (nSPS) is 14.0. The van der Waals surface area contributed by atoms with Crippen molar-refractivity contribution < 1.29 is 9.59 Å². The zero-order chi connectivity index (χ0) is 5.98. The summed E-state index contributed by atoms with van der Waals surface area (Å²) in [4.78, 5) is 20.6. The predicted molar refractivity (Wildman–Crippen MR) is 48.2 cm³/mol. The zero-order valence-corrected chi connectivity index (χ0v) is 4.13. The SMILES string of the molecule is B.B.O=C1C=CC(=O)C=C1. The second-order valence-electron chi connectivity index (χ2n) is 1.47. The fourth-order valence-corrected chi connectivity index (χ4v) is 0.440.